The molecule has 0 aliphatic heterocycles. The number of hydrogen-bond donors (Lipinski definition) is 5. The Bertz CT molecular complexity index is 1050. The van der Waals surface area contributed by atoms with E-state index in [1.807, 2.05) is 30.5 Å². The van der Waals surface area contributed by atoms with Gasteiger partial charge in [-0.25, -0.2) is 0 Å². The maximum Gasteiger partial charge on any atom is 0.308 e. The molecule has 0 aliphatic rings. The van der Waals surface area contributed by atoms with Gasteiger partial charge in [-0.2, -0.15) is 0 Å². The Kier molecular flexibility index (Phi) is 9.49. The molecule has 34 heavy (non-hydrogen) atoms. The van der Waals surface area contributed by atoms with E-state index in [2.05, 4.69) is 16.0 Å². The highest BCUT2D eigenvalue weighted by Gasteiger charge is 2.24. The summed E-state index contributed by atoms with van der Waals surface area (Å²) in [5.74, 6) is -1.60. The lowest BCUT2D eigenvalue weighted by atomic mass is 10.0. The van der Waals surface area contributed by atoms with Gasteiger partial charge in [0.05, 0.1) is 19.0 Å². The number of guanidine groups is 1. The highest BCUT2D eigenvalue weighted by atomic mass is 32.2. The minimum atomic E-state index is -0.648. The van der Waals surface area contributed by atoms with Gasteiger partial charge < -0.3 is 26.4 Å². The van der Waals surface area contributed by atoms with Crippen LogP contribution in [0.25, 0.3) is 0 Å². The predicted molar refractivity (Wildman–Crippen MR) is 134 cm³/mol. The lowest BCUT2D eigenvalue weighted by molar-refractivity contribution is -0.155. The molecular weight excluding hydrogens is 454 g/mol. The van der Waals surface area contributed by atoms with Crippen molar-refractivity contribution in [2.24, 2.45) is 5.73 Å². The summed E-state index contributed by atoms with van der Waals surface area (Å²) in [6.45, 7) is 5.07. The third-order valence-electron chi connectivity index (χ3n) is 4.45. The second-order valence-corrected chi connectivity index (χ2v) is 9.30. The molecule has 2 amide bonds. The zero-order valence-corrected chi connectivity index (χ0v) is 20.5. The Hall–Kier alpha value is -3.53. The molecule has 0 saturated carbocycles. The van der Waals surface area contributed by atoms with Gasteiger partial charge in [0.15, 0.2) is 5.96 Å². The van der Waals surface area contributed by atoms with Crippen LogP contribution >= 0.6 is 11.8 Å². The minimum absolute atomic E-state index is 0.0483. The van der Waals surface area contributed by atoms with Gasteiger partial charge in [-0.15, -0.1) is 11.8 Å². The van der Waals surface area contributed by atoms with E-state index < -0.39 is 29.4 Å². The second-order valence-electron chi connectivity index (χ2n) is 8.45. The van der Waals surface area contributed by atoms with Gasteiger partial charge in [0.25, 0.3) is 5.91 Å². The summed E-state index contributed by atoms with van der Waals surface area (Å²) in [5.41, 5.74) is 6.25. The molecule has 0 aliphatic carbocycles. The maximum atomic E-state index is 12.7. The molecule has 9 nitrogen and oxygen atoms in total. The number of anilines is 1. The van der Waals surface area contributed by atoms with E-state index in [-0.39, 0.29) is 18.9 Å². The van der Waals surface area contributed by atoms with Crippen molar-refractivity contribution in [3.63, 3.8) is 0 Å². The monoisotopic (exact) mass is 485 g/mol. The molecule has 182 valence electrons. The molecular formula is C24H31N5O4S. The number of nitrogens with one attached hydrogen (secondary N) is 4. The zero-order chi connectivity index (χ0) is 25.3. The molecule has 2 aromatic rings. The van der Waals surface area contributed by atoms with Crippen LogP contribution < -0.4 is 21.7 Å². The van der Waals surface area contributed by atoms with Gasteiger partial charge in [0.2, 0.25) is 5.91 Å². The number of carbonyl (C=O) groups excluding carboxylic acids is 3. The molecule has 1 unspecified atom stereocenters. The quantitative estimate of drug-likeness (QED) is 0.159. The molecule has 6 N–H and O–H groups in total. The highest BCUT2D eigenvalue weighted by molar-refractivity contribution is 7.98. The summed E-state index contributed by atoms with van der Waals surface area (Å²) < 4.78 is 5.44. The van der Waals surface area contributed by atoms with Crippen molar-refractivity contribution in [3.05, 3.63) is 59.7 Å². The zero-order valence-electron chi connectivity index (χ0n) is 19.7. The second kappa shape index (κ2) is 12.1. The summed E-state index contributed by atoms with van der Waals surface area (Å²) >= 11 is 1.51. The van der Waals surface area contributed by atoms with Gasteiger partial charge in [0, 0.05) is 16.1 Å². The van der Waals surface area contributed by atoms with Crippen LogP contribution in [0.2, 0.25) is 0 Å². The highest BCUT2D eigenvalue weighted by Crippen LogP contribution is 2.28. The number of esters is 1. The molecule has 0 fully saturated rings. The van der Waals surface area contributed by atoms with E-state index in [4.69, 9.17) is 15.9 Å². The first-order chi connectivity index (χ1) is 16.0. The molecule has 0 heterocycles. The number of benzene rings is 2. The van der Waals surface area contributed by atoms with Crippen molar-refractivity contribution in [3.8, 4) is 0 Å². The van der Waals surface area contributed by atoms with E-state index in [0.717, 1.165) is 10.5 Å². The van der Waals surface area contributed by atoms with Crippen molar-refractivity contribution < 1.29 is 19.1 Å². The predicted octanol–water partition coefficient (Wildman–Crippen LogP) is 3.03. The van der Waals surface area contributed by atoms with Crippen LogP contribution in [-0.2, 0) is 14.3 Å². The first-order valence-corrected chi connectivity index (χ1v) is 11.8. The summed E-state index contributed by atoms with van der Waals surface area (Å²) in [6.07, 6.45) is 1.87. The van der Waals surface area contributed by atoms with Crippen molar-refractivity contribution in [2.45, 2.75) is 43.7 Å². The van der Waals surface area contributed by atoms with E-state index in [1.54, 1.807) is 39.0 Å². The van der Waals surface area contributed by atoms with Gasteiger partial charge in [-0.3, -0.25) is 19.8 Å². The number of ether oxygens (including phenoxy) is 1. The lowest BCUT2D eigenvalue weighted by Crippen LogP contribution is -2.40. The summed E-state index contributed by atoms with van der Waals surface area (Å²) in [7, 11) is 0. The Labute approximate surface area is 203 Å². The number of nitrogens with two attached hydrogens (primary N) is 1. The largest absolute Gasteiger partial charge is 0.460 e. The third kappa shape index (κ3) is 8.78. The molecule has 0 spiro atoms. The average molecular weight is 486 g/mol. The van der Waals surface area contributed by atoms with Crippen LogP contribution in [0.15, 0.2) is 53.4 Å². The van der Waals surface area contributed by atoms with Crippen LogP contribution in [0.5, 0.6) is 0 Å². The number of thioether (sulfide) groups is 1. The molecule has 0 saturated heterocycles. The van der Waals surface area contributed by atoms with Crippen LogP contribution in [0.4, 0.5) is 5.69 Å². The first kappa shape index (κ1) is 26.7. The molecule has 0 aromatic heterocycles. The first-order valence-electron chi connectivity index (χ1n) is 10.6. The number of carbonyl (C=O) groups is 3. The van der Waals surface area contributed by atoms with Crippen LogP contribution in [0, 0.1) is 5.41 Å². The topological polar surface area (TPSA) is 146 Å². The Morgan fingerprint density at radius 2 is 1.82 bits per heavy atom. The van der Waals surface area contributed by atoms with E-state index in [0.29, 0.717) is 11.3 Å². The van der Waals surface area contributed by atoms with Crippen molar-refractivity contribution in [2.75, 3.05) is 18.1 Å². The van der Waals surface area contributed by atoms with Gasteiger partial charge in [0.1, 0.15) is 5.60 Å². The molecule has 2 rings (SSSR count). The molecule has 0 bridgehead atoms. The minimum Gasteiger partial charge on any atom is -0.460 e. The number of rotatable bonds is 9. The van der Waals surface area contributed by atoms with Crippen molar-refractivity contribution in [1.82, 2.24) is 10.6 Å². The molecule has 0 radical (unpaired) electrons. The smallest absolute Gasteiger partial charge is 0.308 e. The van der Waals surface area contributed by atoms with Crippen molar-refractivity contribution in [1.29, 1.82) is 5.41 Å². The van der Waals surface area contributed by atoms with Gasteiger partial charge in [-0.1, -0.05) is 24.3 Å². The number of amides is 2. The van der Waals surface area contributed by atoms with E-state index >= 15 is 0 Å². The van der Waals surface area contributed by atoms with Crippen molar-refractivity contribution >= 4 is 41.2 Å². The maximum absolute atomic E-state index is 12.7. The van der Waals surface area contributed by atoms with Gasteiger partial charge in [-0.05, 0) is 56.9 Å². The van der Waals surface area contributed by atoms with Crippen LogP contribution in [-0.4, -0.2) is 42.1 Å². The standard InChI is InChI=1S/C24H31N5O4S/c1-24(2,3)33-21(31)13-18(17-10-5-6-11-19(17)34-4)29-20(30)14-27-22(32)15-8-7-9-16(12-15)28-23(25)26/h5-12,18H,13-14H2,1-4H3,(H,27,32)(H,29,30)(H4,25,26,28). The Morgan fingerprint density at radius 3 is 2.47 bits per heavy atom. The molecule has 2 aromatic carbocycles. The summed E-state index contributed by atoms with van der Waals surface area (Å²) in [5, 5.41) is 15.3. The fourth-order valence-corrected chi connectivity index (χ4v) is 3.81. The summed E-state index contributed by atoms with van der Waals surface area (Å²) in [6, 6.07) is 13.3. The third-order valence-corrected chi connectivity index (χ3v) is 5.27. The lowest BCUT2D eigenvalue weighted by Gasteiger charge is -2.24. The Balaban J connectivity index is 2.09. The number of hydrogen-bond acceptors (Lipinski definition) is 6. The fraction of sp³-hybridized carbons (Fsp3) is 0.333. The fourth-order valence-electron chi connectivity index (χ4n) is 3.14. The van der Waals surface area contributed by atoms with Gasteiger partial charge >= 0.3 is 5.97 Å². The van der Waals surface area contributed by atoms with Crippen LogP contribution in [0.1, 0.15) is 49.2 Å². The normalized spacial score (nSPS) is 11.8. The van der Waals surface area contributed by atoms with E-state index in [9.17, 15) is 14.4 Å². The SMILES string of the molecule is CSc1ccccc1C(CC(=O)OC(C)(C)C)NC(=O)CNC(=O)c1cccc(NC(=N)N)c1. The molecule has 1 atom stereocenters. The Morgan fingerprint density at radius 1 is 1.12 bits per heavy atom. The summed E-state index contributed by atoms with van der Waals surface area (Å²) in [4.78, 5) is 38.6. The van der Waals surface area contributed by atoms with Crippen LogP contribution in [0.3, 0.4) is 0 Å². The van der Waals surface area contributed by atoms with E-state index in [1.165, 1.54) is 17.8 Å². The molecule has 10 heteroatoms. The average Bonchev–Trinajstić information content (AvgIpc) is 2.75.